The number of nitrogens with one attached hydrogen (secondary N) is 1. The van der Waals surface area contributed by atoms with Crippen LogP contribution in [0.4, 0.5) is 4.39 Å². The van der Waals surface area contributed by atoms with Gasteiger partial charge in [0.15, 0.2) is 16.6 Å². The Labute approximate surface area is 109 Å². The first-order valence-corrected chi connectivity index (χ1v) is 6.31. The van der Waals surface area contributed by atoms with E-state index in [2.05, 4.69) is 5.32 Å². The monoisotopic (exact) mass is 267 g/mol. The van der Waals surface area contributed by atoms with Crippen molar-refractivity contribution in [1.29, 1.82) is 0 Å². The zero-order valence-electron chi connectivity index (χ0n) is 9.94. The number of hydrogen-bond donors (Lipinski definition) is 2. The Morgan fingerprint density at radius 3 is 2.78 bits per heavy atom. The summed E-state index contributed by atoms with van der Waals surface area (Å²) in [7, 11) is 1.51. The Morgan fingerprint density at radius 1 is 1.28 bits per heavy atom. The number of hydrogen-bond acceptors (Lipinski definition) is 4. The van der Waals surface area contributed by atoms with Gasteiger partial charge in [0.25, 0.3) is 0 Å². The van der Waals surface area contributed by atoms with Gasteiger partial charge in [0.05, 0.1) is 7.11 Å². The maximum absolute atomic E-state index is 12.8. The lowest BCUT2D eigenvalue weighted by atomic mass is 10.2. The summed E-state index contributed by atoms with van der Waals surface area (Å²) in [6.07, 6.45) is 0. The van der Waals surface area contributed by atoms with Gasteiger partial charge in [0, 0.05) is 18.0 Å². The smallest absolute Gasteiger partial charge is 0.176 e. The summed E-state index contributed by atoms with van der Waals surface area (Å²) in [6.45, 7) is 1.26. The normalized spacial score (nSPS) is 10.6. The average molecular weight is 267 g/mol. The molecule has 2 rings (SSSR count). The molecule has 0 amide bonds. The molecule has 1 aromatic heterocycles. The van der Waals surface area contributed by atoms with Crippen molar-refractivity contribution in [3.05, 3.63) is 45.9 Å². The molecule has 0 bridgehead atoms. The van der Waals surface area contributed by atoms with Crippen molar-refractivity contribution in [2.45, 2.75) is 13.1 Å². The Morgan fingerprint density at radius 2 is 2.11 bits per heavy atom. The van der Waals surface area contributed by atoms with Gasteiger partial charge in [-0.2, -0.15) is 4.39 Å². The minimum absolute atomic E-state index is 0.126. The van der Waals surface area contributed by atoms with E-state index in [4.69, 9.17) is 4.74 Å². The van der Waals surface area contributed by atoms with E-state index in [1.165, 1.54) is 13.2 Å². The highest BCUT2D eigenvalue weighted by atomic mass is 32.1. The predicted molar refractivity (Wildman–Crippen MR) is 69.5 cm³/mol. The fourth-order valence-electron chi connectivity index (χ4n) is 1.61. The Balaban J connectivity index is 1.90. The lowest BCUT2D eigenvalue weighted by molar-refractivity contribution is 0.373. The third kappa shape index (κ3) is 3.21. The van der Waals surface area contributed by atoms with Gasteiger partial charge in [0.2, 0.25) is 0 Å². The fourth-order valence-corrected chi connectivity index (χ4v) is 2.31. The first-order valence-electron chi connectivity index (χ1n) is 5.50. The van der Waals surface area contributed by atoms with Crippen molar-refractivity contribution >= 4 is 11.3 Å². The highest BCUT2D eigenvalue weighted by Gasteiger charge is 2.03. The van der Waals surface area contributed by atoms with E-state index in [9.17, 15) is 9.50 Å². The molecular weight excluding hydrogens is 253 g/mol. The van der Waals surface area contributed by atoms with Crippen LogP contribution >= 0.6 is 11.3 Å². The van der Waals surface area contributed by atoms with Gasteiger partial charge < -0.3 is 15.2 Å². The van der Waals surface area contributed by atoms with Crippen molar-refractivity contribution in [1.82, 2.24) is 5.32 Å². The lowest BCUT2D eigenvalue weighted by Gasteiger charge is -2.07. The minimum atomic E-state index is -0.168. The molecule has 1 aromatic carbocycles. The maximum Gasteiger partial charge on any atom is 0.176 e. The Kier molecular flexibility index (Phi) is 4.17. The quantitative estimate of drug-likeness (QED) is 0.875. The van der Waals surface area contributed by atoms with Crippen molar-refractivity contribution in [3.63, 3.8) is 0 Å². The number of halogens is 1. The van der Waals surface area contributed by atoms with Crippen molar-refractivity contribution in [3.8, 4) is 11.5 Å². The van der Waals surface area contributed by atoms with Crippen LogP contribution in [-0.4, -0.2) is 12.2 Å². The van der Waals surface area contributed by atoms with Crippen LogP contribution < -0.4 is 10.1 Å². The van der Waals surface area contributed by atoms with Crippen molar-refractivity contribution < 1.29 is 14.2 Å². The van der Waals surface area contributed by atoms with Gasteiger partial charge in [-0.3, -0.25) is 0 Å². The number of methoxy groups -OCH3 is 1. The largest absolute Gasteiger partial charge is 0.504 e. The van der Waals surface area contributed by atoms with Crippen LogP contribution in [0.5, 0.6) is 11.5 Å². The molecular formula is C13H14FNO2S. The van der Waals surface area contributed by atoms with Gasteiger partial charge in [-0.1, -0.05) is 6.07 Å². The van der Waals surface area contributed by atoms with E-state index in [1.54, 1.807) is 18.2 Å². The second kappa shape index (κ2) is 5.84. The highest BCUT2D eigenvalue weighted by molar-refractivity contribution is 7.10. The molecule has 0 fully saturated rings. The molecule has 3 nitrogen and oxygen atoms in total. The summed E-state index contributed by atoms with van der Waals surface area (Å²) in [4.78, 5) is 0.957. The summed E-state index contributed by atoms with van der Waals surface area (Å²) < 4.78 is 17.8. The second-order valence-electron chi connectivity index (χ2n) is 3.82. The Bertz CT molecular complexity index is 527. The van der Waals surface area contributed by atoms with Crippen LogP contribution in [0, 0.1) is 5.13 Å². The number of benzene rings is 1. The molecule has 0 aliphatic rings. The van der Waals surface area contributed by atoms with Crippen LogP contribution in [-0.2, 0) is 13.1 Å². The number of rotatable bonds is 5. The van der Waals surface area contributed by atoms with E-state index in [0.717, 1.165) is 21.8 Å². The molecule has 1 heterocycles. The van der Waals surface area contributed by atoms with Gasteiger partial charge in [0.1, 0.15) is 0 Å². The third-order valence-corrected chi connectivity index (χ3v) is 3.38. The molecule has 2 N–H and O–H groups in total. The molecule has 0 atom stereocenters. The van der Waals surface area contributed by atoms with Crippen LogP contribution in [0.25, 0.3) is 0 Å². The zero-order valence-corrected chi connectivity index (χ0v) is 10.8. The zero-order chi connectivity index (χ0) is 13.0. The molecule has 0 unspecified atom stereocenters. The summed E-state index contributed by atoms with van der Waals surface area (Å²) in [5.74, 6) is 0.582. The standard InChI is InChI=1S/C13H14FNO2S/c1-17-12-6-9(2-4-11(12)16)7-15-8-10-3-5-13(14)18-10/h2-6,15-16H,7-8H2,1H3. The molecule has 5 heteroatoms. The minimum Gasteiger partial charge on any atom is -0.504 e. The highest BCUT2D eigenvalue weighted by Crippen LogP contribution is 2.26. The van der Waals surface area contributed by atoms with Crippen LogP contribution in [0.3, 0.4) is 0 Å². The summed E-state index contributed by atoms with van der Waals surface area (Å²) in [6, 6.07) is 8.42. The first kappa shape index (κ1) is 12.9. The predicted octanol–water partition coefficient (Wildman–Crippen LogP) is 2.89. The fraction of sp³-hybridized carbons (Fsp3) is 0.231. The van der Waals surface area contributed by atoms with Gasteiger partial charge in [-0.25, -0.2) is 0 Å². The Hall–Kier alpha value is -1.59. The molecule has 0 radical (unpaired) electrons. The van der Waals surface area contributed by atoms with Crippen LogP contribution in [0.2, 0.25) is 0 Å². The summed E-state index contributed by atoms with van der Waals surface area (Å²) >= 11 is 1.14. The van der Waals surface area contributed by atoms with Gasteiger partial charge >= 0.3 is 0 Å². The molecule has 0 aliphatic carbocycles. The van der Waals surface area contributed by atoms with E-state index < -0.39 is 0 Å². The number of phenols is 1. The van der Waals surface area contributed by atoms with E-state index in [1.807, 2.05) is 6.07 Å². The molecule has 2 aromatic rings. The van der Waals surface area contributed by atoms with E-state index in [-0.39, 0.29) is 10.9 Å². The first-order chi connectivity index (χ1) is 8.69. The summed E-state index contributed by atoms with van der Waals surface area (Å²) in [5, 5.41) is 12.5. The number of phenolic OH excluding ortho intramolecular Hbond substituents is 1. The van der Waals surface area contributed by atoms with Crippen LogP contribution in [0.1, 0.15) is 10.4 Å². The third-order valence-electron chi connectivity index (χ3n) is 2.50. The number of thiophene rings is 1. The lowest BCUT2D eigenvalue weighted by Crippen LogP contribution is -2.11. The van der Waals surface area contributed by atoms with E-state index in [0.29, 0.717) is 18.8 Å². The molecule has 96 valence electrons. The topological polar surface area (TPSA) is 41.5 Å². The van der Waals surface area contributed by atoms with Gasteiger partial charge in [-0.05, 0) is 29.8 Å². The second-order valence-corrected chi connectivity index (χ2v) is 4.93. The average Bonchev–Trinajstić information content (AvgIpc) is 2.77. The van der Waals surface area contributed by atoms with Gasteiger partial charge in [-0.15, -0.1) is 11.3 Å². The number of ether oxygens (including phenoxy) is 1. The van der Waals surface area contributed by atoms with Crippen LogP contribution in [0.15, 0.2) is 30.3 Å². The summed E-state index contributed by atoms with van der Waals surface area (Å²) in [5.41, 5.74) is 1.00. The van der Waals surface area contributed by atoms with Crippen molar-refractivity contribution in [2.24, 2.45) is 0 Å². The molecule has 0 spiro atoms. The van der Waals surface area contributed by atoms with Crippen molar-refractivity contribution in [2.75, 3.05) is 7.11 Å². The molecule has 18 heavy (non-hydrogen) atoms. The molecule has 0 aliphatic heterocycles. The van der Waals surface area contributed by atoms with E-state index >= 15 is 0 Å². The molecule has 0 saturated carbocycles. The SMILES string of the molecule is COc1cc(CNCc2ccc(F)s2)ccc1O. The molecule has 0 saturated heterocycles. The maximum atomic E-state index is 12.8. The number of aromatic hydroxyl groups is 1.